The van der Waals surface area contributed by atoms with E-state index in [2.05, 4.69) is 4.74 Å². The lowest BCUT2D eigenvalue weighted by molar-refractivity contribution is -0.144. The summed E-state index contributed by atoms with van der Waals surface area (Å²) in [5.41, 5.74) is 5.61. The minimum absolute atomic E-state index is 0.0439. The first-order chi connectivity index (χ1) is 6.67. The van der Waals surface area contributed by atoms with Crippen molar-refractivity contribution in [1.29, 1.82) is 0 Å². The summed E-state index contributed by atoms with van der Waals surface area (Å²) in [6.07, 6.45) is 0.810. The molecule has 0 aromatic rings. The number of esters is 1. The molecule has 0 spiro atoms. The van der Waals surface area contributed by atoms with Gasteiger partial charge in [-0.05, 0) is 6.42 Å². The van der Waals surface area contributed by atoms with Crippen LogP contribution in [0.3, 0.4) is 0 Å². The Morgan fingerprint density at radius 2 is 1.86 bits per heavy atom. The standard InChI is InChI=1S/C8H17NO3.C2H6/c1-4-6(5-11-2)7(9)8(10)12-3;1-2/h6-7H,4-5,9H2,1-3H3;1-2H3. The van der Waals surface area contributed by atoms with Gasteiger partial charge in [0.25, 0.3) is 0 Å². The fourth-order valence-electron chi connectivity index (χ4n) is 1.02. The molecule has 0 saturated carbocycles. The monoisotopic (exact) mass is 205 g/mol. The number of hydrogen-bond donors (Lipinski definition) is 1. The number of carbonyl (C=O) groups is 1. The summed E-state index contributed by atoms with van der Waals surface area (Å²) in [6.45, 7) is 6.46. The van der Waals surface area contributed by atoms with Gasteiger partial charge in [-0.1, -0.05) is 20.8 Å². The molecule has 0 heterocycles. The van der Waals surface area contributed by atoms with Crippen LogP contribution in [0.2, 0.25) is 0 Å². The van der Waals surface area contributed by atoms with Gasteiger partial charge < -0.3 is 15.2 Å². The quantitative estimate of drug-likeness (QED) is 0.685. The molecular formula is C10H23NO3. The molecule has 14 heavy (non-hydrogen) atoms. The van der Waals surface area contributed by atoms with E-state index in [1.165, 1.54) is 7.11 Å². The number of hydrogen-bond acceptors (Lipinski definition) is 4. The molecule has 0 aliphatic heterocycles. The Hall–Kier alpha value is -0.610. The van der Waals surface area contributed by atoms with Crippen LogP contribution in [-0.2, 0) is 14.3 Å². The van der Waals surface area contributed by atoms with E-state index in [0.29, 0.717) is 6.61 Å². The molecule has 0 bridgehead atoms. The highest BCUT2D eigenvalue weighted by atomic mass is 16.5. The molecular weight excluding hydrogens is 182 g/mol. The lowest BCUT2D eigenvalue weighted by Crippen LogP contribution is -2.40. The first-order valence-corrected chi connectivity index (χ1v) is 4.99. The van der Waals surface area contributed by atoms with Crippen LogP contribution < -0.4 is 5.73 Å². The van der Waals surface area contributed by atoms with Crippen LogP contribution in [-0.4, -0.2) is 32.8 Å². The van der Waals surface area contributed by atoms with Gasteiger partial charge in [-0.2, -0.15) is 0 Å². The summed E-state index contributed by atoms with van der Waals surface area (Å²) in [5, 5.41) is 0. The first-order valence-electron chi connectivity index (χ1n) is 4.99. The Kier molecular flexibility index (Phi) is 11.9. The second-order valence-corrected chi connectivity index (χ2v) is 2.67. The zero-order valence-corrected chi connectivity index (χ0v) is 9.87. The van der Waals surface area contributed by atoms with Crippen LogP contribution in [0.1, 0.15) is 27.2 Å². The van der Waals surface area contributed by atoms with E-state index in [1.54, 1.807) is 7.11 Å². The maximum absolute atomic E-state index is 11.0. The zero-order chi connectivity index (χ0) is 11.6. The molecule has 0 fully saturated rings. The number of rotatable bonds is 5. The molecule has 0 saturated heterocycles. The molecule has 0 aromatic carbocycles. The number of ether oxygens (including phenoxy) is 2. The van der Waals surface area contributed by atoms with Crippen molar-refractivity contribution in [2.75, 3.05) is 20.8 Å². The predicted molar refractivity (Wildman–Crippen MR) is 57.0 cm³/mol. The van der Waals surface area contributed by atoms with E-state index >= 15 is 0 Å². The van der Waals surface area contributed by atoms with Gasteiger partial charge in [0.15, 0.2) is 0 Å². The Morgan fingerprint density at radius 3 is 2.14 bits per heavy atom. The molecule has 4 nitrogen and oxygen atoms in total. The third-order valence-corrected chi connectivity index (χ3v) is 1.89. The van der Waals surface area contributed by atoms with Gasteiger partial charge in [-0.25, -0.2) is 0 Å². The van der Waals surface area contributed by atoms with Crippen molar-refractivity contribution >= 4 is 5.97 Å². The molecule has 2 unspecified atom stereocenters. The number of nitrogens with two attached hydrogens (primary N) is 1. The van der Waals surface area contributed by atoms with Gasteiger partial charge in [-0.15, -0.1) is 0 Å². The lowest BCUT2D eigenvalue weighted by Gasteiger charge is -2.19. The van der Waals surface area contributed by atoms with Crippen LogP contribution in [0.25, 0.3) is 0 Å². The van der Waals surface area contributed by atoms with Crippen molar-refractivity contribution in [3.63, 3.8) is 0 Å². The van der Waals surface area contributed by atoms with Gasteiger partial charge in [0.1, 0.15) is 6.04 Å². The molecule has 0 rings (SSSR count). The molecule has 2 atom stereocenters. The van der Waals surface area contributed by atoms with E-state index in [-0.39, 0.29) is 11.9 Å². The highest BCUT2D eigenvalue weighted by molar-refractivity contribution is 5.75. The topological polar surface area (TPSA) is 61.5 Å². The number of methoxy groups -OCH3 is 2. The molecule has 0 amide bonds. The van der Waals surface area contributed by atoms with E-state index in [1.807, 2.05) is 20.8 Å². The van der Waals surface area contributed by atoms with Crippen LogP contribution >= 0.6 is 0 Å². The van der Waals surface area contributed by atoms with E-state index in [0.717, 1.165) is 6.42 Å². The smallest absolute Gasteiger partial charge is 0.323 e. The summed E-state index contributed by atoms with van der Waals surface area (Å²) >= 11 is 0. The van der Waals surface area contributed by atoms with E-state index < -0.39 is 6.04 Å². The molecule has 0 aliphatic rings. The fraction of sp³-hybridized carbons (Fsp3) is 0.900. The summed E-state index contributed by atoms with van der Waals surface area (Å²) in [6, 6.07) is -0.569. The highest BCUT2D eigenvalue weighted by Gasteiger charge is 2.23. The largest absolute Gasteiger partial charge is 0.468 e. The normalized spacial score (nSPS) is 13.6. The second kappa shape index (κ2) is 10.5. The summed E-state index contributed by atoms with van der Waals surface area (Å²) in [7, 11) is 2.92. The SMILES string of the molecule is CC.CCC(COC)C(N)C(=O)OC. The molecule has 0 aromatic heterocycles. The van der Waals surface area contributed by atoms with Crippen LogP contribution in [0, 0.1) is 5.92 Å². The van der Waals surface area contributed by atoms with Gasteiger partial charge in [0.2, 0.25) is 0 Å². The fourth-order valence-corrected chi connectivity index (χ4v) is 1.02. The molecule has 86 valence electrons. The molecule has 0 radical (unpaired) electrons. The molecule has 2 N–H and O–H groups in total. The highest BCUT2D eigenvalue weighted by Crippen LogP contribution is 2.08. The minimum atomic E-state index is -0.569. The number of carbonyl (C=O) groups excluding carboxylic acids is 1. The Bertz CT molecular complexity index is 139. The predicted octanol–water partition coefficient (Wildman–Crippen LogP) is 1.19. The Balaban J connectivity index is 0. The van der Waals surface area contributed by atoms with Crippen molar-refractivity contribution < 1.29 is 14.3 Å². The van der Waals surface area contributed by atoms with Gasteiger partial charge in [0, 0.05) is 13.0 Å². The van der Waals surface area contributed by atoms with Gasteiger partial charge in [-0.3, -0.25) is 4.79 Å². The zero-order valence-electron chi connectivity index (χ0n) is 9.87. The van der Waals surface area contributed by atoms with E-state index in [9.17, 15) is 4.79 Å². The van der Waals surface area contributed by atoms with Gasteiger partial charge in [0.05, 0.1) is 13.7 Å². The van der Waals surface area contributed by atoms with Crippen molar-refractivity contribution in [3.8, 4) is 0 Å². The van der Waals surface area contributed by atoms with Crippen molar-refractivity contribution in [3.05, 3.63) is 0 Å². The van der Waals surface area contributed by atoms with Crippen molar-refractivity contribution in [2.45, 2.75) is 33.2 Å². The van der Waals surface area contributed by atoms with Crippen LogP contribution in [0.4, 0.5) is 0 Å². The van der Waals surface area contributed by atoms with Crippen LogP contribution in [0.15, 0.2) is 0 Å². The molecule has 0 aliphatic carbocycles. The Morgan fingerprint density at radius 1 is 1.36 bits per heavy atom. The maximum atomic E-state index is 11.0. The lowest BCUT2D eigenvalue weighted by atomic mass is 9.99. The Labute approximate surface area is 86.8 Å². The van der Waals surface area contributed by atoms with Crippen molar-refractivity contribution in [2.24, 2.45) is 11.7 Å². The second-order valence-electron chi connectivity index (χ2n) is 2.67. The van der Waals surface area contributed by atoms with Crippen molar-refractivity contribution in [1.82, 2.24) is 0 Å². The summed E-state index contributed by atoms with van der Waals surface area (Å²) < 4.78 is 9.44. The maximum Gasteiger partial charge on any atom is 0.323 e. The third kappa shape index (κ3) is 5.94. The molecule has 4 heteroatoms. The minimum Gasteiger partial charge on any atom is -0.468 e. The average molecular weight is 205 g/mol. The summed E-state index contributed by atoms with van der Waals surface area (Å²) in [4.78, 5) is 11.0. The van der Waals surface area contributed by atoms with E-state index in [4.69, 9.17) is 10.5 Å². The summed E-state index contributed by atoms with van der Waals surface area (Å²) in [5.74, 6) is -0.332. The first kappa shape index (κ1) is 15.8. The third-order valence-electron chi connectivity index (χ3n) is 1.89. The van der Waals surface area contributed by atoms with Gasteiger partial charge >= 0.3 is 5.97 Å². The van der Waals surface area contributed by atoms with Crippen LogP contribution in [0.5, 0.6) is 0 Å². The average Bonchev–Trinajstić information content (AvgIpc) is 2.26.